The van der Waals surface area contributed by atoms with Crippen molar-refractivity contribution in [3.8, 4) is 0 Å². The molecular weight excluding hydrogens is 580 g/mol. The average Bonchev–Trinajstić information content (AvgIpc) is 3.60. The first kappa shape index (κ1) is 32.9. The molecule has 44 heavy (non-hydrogen) atoms. The van der Waals surface area contributed by atoms with Gasteiger partial charge in [-0.1, -0.05) is 13.8 Å². The zero-order chi connectivity index (χ0) is 32.3. The largest absolute Gasteiger partial charge is 0.481 e. The molecule has 2 aliphatic heterocycles. The van der Waals surface area contributed by atoms with Gasteiger partial charge in [-0.05, 0) is 85.4 Å². The Kier molecular flexibility index (Phi) is 10.3. The zero-order valence-corrected chi connectivity index (χ0v) is 26.8. The normalized spacial score (nSPS) is 21.1. The van der Waals surface area contributed by atoms with E-state index in [0.29, 0.717) is 31.3 Å². The number of aromatic nitrogens is 2. The van der Waals surface area contributed by atoms with Gasteiger partial charge in [-0.25, -0.2) is 0 Å². The summed E-state index contributed by atoms with van der Waals surface area (Å²) >= 11 is 4.11. The highest BCUT2D eigenvalue weighted by Gasteiger charge is 2.34. The molecule has 4 heterocycles. The zero-order valence-electron chi connectivity index (χ0n) is 25.9. The molecule has 236 valence electrons. The lowest BCUT2D eigenvalue weighted by atomic mass is 9.92. The van der Waals surface area contributed by atoms with E-state index in [1.54, 1.807) is 6.08 Å². The number of amides is 2. The second-order valence-corrected chi connectivity index (χ2v) is 12.1. The molecule has 0 bridgehead atoms. The summed E-state index contributed by atoms with van der Waals surface area (Å²) < 4.78 is 0. The van der Waals surface area contributed by atoms with Crippen LogP contribution in [0.5, 0.6) is 0 Å². The highest BCUT2D eigenvalue weighted by molar-refractivity contribution is 7.83. The van der Waals surface area contributed by atoms with Crippen molar-refractivity contribution >= 4 is 42.5 Å². The predicted octanol–water partition coefficient (Wildman–Crippen LogP) is 4.52. The van der Waals surface area contributed by atoms with Gasteiger partial charge in [-0.3, -0.25) is 19.2 Å². The Hall–Kier alpha value is -3.99. The number of aromatic amines is 2. The van der Waals surface area contributed by atoms with E-state index in [9.17, 15) is 29.4 Å². The van der Waals surface area contributed by atoms with E-state index < -0.39 is 11.9 Å². The summed E-state index contributed by atoms with van der Waals surface area (Å²) in [6.07, 6.45) is 5.95. The number of carbonyl (C=O) groups excluding carboxylic acids is 2. The molecule has 0 aromatic carbocycles. The van der Waals surface area contributed by atoms with Crippen molar-refractivity contribution in [2.24, 2.45) is 11.8 Å². The van der Waals surface area contributed by atoms with Crippen LogP contribution in [-0.2, 0) is 44.9 Å². The molecule has 0 unspecified atom stereocenters. The van der Waals surface area contributed by atoms with Crippen molar-refractivity contribution in [3.63, 3.8) is 0 Å². The van der Waals surface area contributed by atoms with Crippen molar-refractivity contribution in [3.05, 3.63) is 73.4 Å². The molecule has 2 aliphatic rings. The number of aliphatic carboxylic acids is 2. The Morgan fingerprint density at radius 2 is 1.55 bits per heavy atom. The maximum Gasteiger partial charge on any atom is 0.303 e. The topological polar surface area (TPSA) is 164 Å². The number of nitrogens with one attached hydrogen (secondary N) is 4. The van der Waals surface area contributed by atoms with E-state index in [0.717, 1.165) is 62.7 Å². The van der Waals surface area contributed by atoms with E-state index in [-0.39, 0.29) is 42.5 Å². The van der Waals surface area contributed by atoms with Gasteiger partial charge in [-0.15, -0.1) is 0 Å². The highest BCUT2D eigenvalue weighted by atomic mass is 32.1. The van der Waals surface area contributed by atoms with E-state index >= 15 is 0 Å². The molecule has 2 aromatic heterocycles. The van der Waals surface area contributed by atoms with Gasteiger partial charge in [0.15, 0.2) is 0 Å². The van der Waals surface area contributed by atoms with Crippen molar-refractivity contribution in [1.29, 1.82) is 0 Å². The van der Waals surface area contributed by atoms with Gasteiger partial charge in [0.2, 0.25) is 5.91 Å². The van der Waals surface area contributed by atoms with Crippen LogP contribution in [0.2, 0.25) is 0 Å². The fourth-order valence-electron chi connectivity index (χ4n) is 6.52. The second kappa shape index (κ2) is 13.8. The Labute approximate surface area is 262 Å². The third kappa shape index (κ3) is 6.88. The van der Waals surface area contributed by atoms with Crippen LogP contribution in [-0.4, -0.2) is 50.0 Å². The molecule has 11 heteroatoms. The monoisotopic (exact) mass is 622 g/mol. The molecule has 2 amide bonds. The quantitative estimate of drug-likeness (QED) is 0.162. The number of carbonyl (C=O) groups is 4. The summed E-state index contributed by atoms with van der Waals surface area (Å²) in [4.78, 5) is 55.1. The van der Waals surface area contributed by atoms with Gasteiger partial charge in [-0.2, -0.15) is 12.6 Å². The van der Waals surface area contributed by atoms with Crippen LogP contribution in [0.15, 0.2) is 28.3 Å². The fraction of sp³-hybridized carbons (Fsp3) is 0.455. The number of carboxylic acids is 2. The third-order valence-corrected chi connectivity index (χ3v) is 9.33. The minimum absolute atomic E-state index is 0.00612. The van der Waals surface area contributed by atoms with Crippen LogP contribution in [0.4, 0.5) is 0 Å². The van der Waals surface area contributed by atoms with Crippen LogP contribution in [0, 0.1) is 25.7 Å². The van der Waals surface area contributed by atoms with Gasteiger partial charge in [0, 0.05) is 71.6 Å². The lowest BCUT2D eigenvalue weighted by Gasteiger charge is -2.12. The molecule has 0 aliphatic carbocycles. The first-order chi connectivity index (χ1) is 20.9. The molecule has 0 spiro atoms. The summed E-state index contributed by atoms with van der Waals surface area (Å²) in [6.45, 7) is 9.81. The van der Waals surface area contributed by atoms with Gasteiger partial charge < -0.3 is 30.8 Å². The van der Waals surface area contributed by atoms with Crippen LogP contribution in [0.1, 0.15) is 85.1 Å². The molecular formula is C33H42N4O6S. The first-order valence-corrected chi connectivity index (χ1v) is 15.6. The van der Waals surface area contributed by atoms with E-state index in [1.807, 2.05) is 33.8 Å². The van der Waals surface area contributed by atoms with E-state index in [2.05, 4.69) is 40.2 Å². The smallest absolute Gasteiger partial charge is 0.303 e. The number of hydrogen-bond acceptors (Lipinski definition) is 5. The van der Waals surface area contributed by atoms with Gasteiger partial charge in [0.05, 0.1) is 6.04 Å². The fourth-order valence-corrected chi connectivity index (χ4v) is 6.67. The lowest BCUT2D eigenvalue weighted by Crippen LogP contribution is -2.30. The van der Waals surface area contributed by atoms with Crippen molar-refractivity contribution in [2.45, 2.75) is 85.6 Å². The van der Waals surface area contributed by atoms with Crippen molar-refractivity contribution < 1.29 is 29.4 Å². The molecule has 10 nitrogen and oxygen atoms in total. The van der Waals surface area contributed by atoms with Crippen molar-refractivity contribution in [1.82, 2.24) is 20.6 Å². The minimum atomic E-state index is -0.895. The van der Waals surface area contributed by atoms with E-state index in [4.69, 9.17) is 0 Å². The standard InChI is InChI=1S/C33H42N4O6S/c1-6-20-19(5)32(42)37-27(20)14-25-17(3)22(8-10-31(40)41)29(35-25)15-28-21(7-9-30(38)39)16(2)24(34-28)13-26-18(4)23(11-12-44)33(43)36-26/h11-12,14,19-20,26,34-35,44H,6-10,13,15H2,1-5H3,(H,36,43)(H,37,42)(H,38,39)(H,40,41)/b12-11+,27-14-/t19-,20-,26-/m1/s1. The number of thiol groups is 1. The lowest BCUT2D eigenvalue weighted by molar-refractivity contribution is -0.138. The third-order valence-electron chi connectivity index (χ3n) is 9.18. The number of H-pyrrole nitrogens is 2. The molecule has 1 fully saturated rings. The number of hydrogen-bond donors (Lipinski definition) is 7. The van der Waals surface area contributed by atoms with Crippen LogP contribution in [0.25, 0.3) is 6.08 Å². The van der Waals surface area contributed by atoms with Crippen molar-refractivity contribution in [2.75, 3.05) is 0 Å². The van der Waals surface area contributed by atoms with Crippen LogP contribution >= 0.6 is 12.6 Å². The Morgan fingerprint density at radius 3 is 2.14 bits per heavy atom. The molecule has 0 saturated carbocycles. The molecule has 3 atom stereocenters. The maximum absolute atomic E-state index is 12.5. The van der Waals surface area contributed by atoms with Crippen LogP contribution in [0.3, 0.4) is 0 Å². The van der Waals surface area contributed by atoms with Gasteiger partial charge in [0.1, 0.15) is 0 Å². The molecule has 0 radical (unpaired) electrons. The minimum Gasteiger partial charge on any atom is -0.481 e. The molecule has 2 aromatic rings. The molecule has 6 N–H and O–H groups in total. The Morgan fingerprint density at radius 1 is 0.932 bits per heavy atom. The summed E-state index contributed by atoms with van der Waals surface area (Å²) in [7, 11) is 0. The molecule has 4 rings (SSSR count). The van der Waals surface area contributed by atoms with Crippen LogP contribution < -0.4 is 10.6 Å². The maximum atomic E-state index is 12.5. The van der Waals surface area contributed by atoms with E-state index in [1.165, 1.54) is 5.41 Å². The molecule has 1 saturated heterocycles. The SMILES string of the molecule is CC[C@H]1/C(=C/c2[nH]c(Cc3[nH]c(C[C@H]4NC(=O)C(/C=C/S)=C4C)c(C)c3CCC(=O)O)c(CCC(=O)O)c2C)NC(=O)[C@@H]1C. The highest BCUT2D eigenvalue weighted by Crippen LogP contribution is 2.33. The second-order valence-electron chi connectivity index (χ2n) is 11.8. The number of carboxylic acid groups (broad SMARTS) is 2. The summed E-state index contributed by atoms with van der Waals surface area (Å²) in [5.74, 6) is -2.00. The average molecular weight is 623 g/mol. The predicted molar refractivity (Wildman–Crippen MR) is 171 cm³/mol. The first-order valence-electron chi connectivity index (χ1n) is 15.0. The summed E-state index contributed by atoms with van der Waals surface area (Å²) in [5.41, 5.74) is 9.45. The number of allylic oxidation sites excluding steroid dienone is 1. The Balaban J connectivity index is 1.74. The number of rotatable bonds is 13. The summed E-state index contributed by atoms with van der Waals surface area (Å²) in [5, 5.41) is 26.5. The Bertz CT molecular complexity index is 1580. The van der Waals surface area contributed by atoms with Gasteiger partial charge in [0.25, 0.3) is 5.91 Å². The van der Waals surface area contributed by atoms with Gasteiger partial charge >= 0.3 is 11.9 Å². The summed E-state index contributed by atoms with van der Waals surface area (Å²) in [6, 6.07) is -0.216.